The summed E-state index contributed by atoms with van der Waals surface area (Å²) in [5.74, 6) is 0.445. The first kappa shape index (κ1) is 14.3. The molecule has 0 aliphatic carbocycles. The largest absolute Gasteiger partial charge is 0.378 e. The minimum absolute atomic E-state index is 0.0261. The van der Waals surface area contributed by atoms with Crippen molar-refractivity contribution >= 4 is 29.1 Å². The van der Waals surface area contributed by atoms with Crippen molar-refractivity contribution in [2.75, 3.05) is 25.6 Å². The molecule has 1 aromatic carbocycles. The van der Waals surface area contributed by atoms with E-state index < -0.39 is 0 Å². The van der Waals surface area contributed by atoms with E-state index in [-0.39, 0.29) is 5.91 Å². The quantitative estimate of drug-likeness (QED) is 0.612. The normalized spacial score (nSPS) is 10.2. The molecule has 1 aromatic rings. The molecule has 94 valence electrons. The van der Waals surface area contributed by atoms with Crippen LogP contribution in [0.5, 0.6) is 0 Å². The maximum atomic E-state index is 11.5. The summed E-state index contributed by atoms with van der Waals surface area (Å²) in [7, 11) is 0. The molecule has 0 spiro atoms. The van der Waals surface area contributed by atoms with Gasteiger partial charge in [0.15, 0.2) is 0 Å². The van der Waals surface area contributed by atoms with Gasteiger partial charge in [-0.25, -0.2) is 0 Å². The molecular formula is C12H15Cl2NO2. The zero-order chi connectivity index (χ0) is 12.5. The molecule has 0 aromatic heterocycles. The Labute approximate surface area is 111 Å². The number of ether oxygens (including phenoxy) is 1. The van der Waals surface area contributed by atoms with Gasteiger partial charge in [-0.1, -0.05) is 23.7 Å². The van der Waals surface area contributed by atoms with Crippen molar-refractivity contribution in [2.24, 2.45) is 0 Å². The van der Waals surface area contributed by atoms with Gasteiger partial charge in [0, 0.05) is 17.4 Å². The lowest BCUT2D eigenvalue weighted by molar-refractivity contribution is -0.120. The molecule has 17 heavy (non-hydrogen) atoms. The molecule has 1 rings (SSSR count). The van der Waals surface area contributed by atoms with Gasteiger partial charge in [-0.05, 0) is 17.7 Å². The lowest BCUT2D eigenvalue weighted by Gasteiger charge is -2.05. The van der Waals surface area contributed by atoms with Crippen LogP contribution in [0.15, 0.2) is 24.3 Å². The van der Waals surface area contributed by atoms with Gasteiger partial charge in [0.25, 0.3) is 0 Å². The van der Waals surface area contributed by atoms with Gasteiger partial charge in [-0.3, -0.25) is 4.79 Å². The van der Waals surface area contributed by atoms with Crippen LogP contribution in [0.3, 0.4) is 0 Å². The molecule has 5 heteroatoms. The van der Waals surface area contributed by atoms with E-state index in [4.69, 9.17) is 27.9 Å². The van der Waals surface area contributed by atoms with Crippen molar-refractivity contribution in [2.45, 2.75) is 6.42 Å². The lowest BCUT2D eigenvalue weighted by Crippen LogP contribution is -2.28. The van der Waals surface area contributed by atoms with E-state index in [1.807, 2.05) is 12.1 Å². The highest BCUT2D eigenvalue weighted by atomic mass is 35.5. The van der Waals surface area contributed by atoms with E-state index in [0.717, 1.165) is 5.56 Å². The van der Waals surface area contributed by atoms with Gasteiger partial charge < -0.3 is 10.1 Å². The fourth-order valence-electron chi connectivity index (χ4n) is 1.27. The van der Waals surface area contributed by atoms with Crippen LogP contribution in [-0.2, 0) is 16.0 Å². The van der Waals surface area contributed by atoms with Gasteiger partial charge in [0.05, 0.1) is 19.6 Å². The molecule has 1 N–H and O–H groups in total. The number of amides is 1. The number of hydrogen-bond donors (Lipinski definition) is 1. The van der Waals surface area contributed by atoms with E-state index in [2.05, 4.69) is 5.32 Å². The molecule has 1 amide bonds. The fourth-order valence-corrected chi connectivity index (χ4v) is 1.50. The van der Waals surface area contributed by atoms with Crippen LogP contribution in [-0.4, -0.2) is 31.5 Å². The summed E-state index contributed by atoms with van der Waals surface area (Å²) in [5, 5.41) is 3.43. The summed E-state index contributed by atoms with van der Waals surface area (Å²) in [6.07, 6.45) is 0.354. The molecule has 0 saturated heterocycles. The summed E-state index contributed by atoms with van der Waals surface area (Å²) in [4.78, 5) is 11.5. The van der Waals surface area contributed by atoms with Crippen LogP contribution in [0.2, 0.25) is 5.02 Å². The van der Waals surface area contributed by atoms with Gasteiger partial charge in [-0.2, -0.15) is 0 Å². The van der Waals surface area contributed by atoms with Gasteiger partial charge in [0.2, 0.25) is 5.91 Å². The summed E-state index contributed by atoms with van der Waals surface area (Å²) >= 11 is 11.2. The first-order valence-electron chi connectivity index (χ1n) is 5.37. The maximum absolute atomic E-state index is 11.5. The number of carbonyl (C=O) groups excluding carboxylic acids is 1. The first-order valence-corrected chi connectivity index (χ1v) is 6.28. The van der Waals surface area contributed by atoms with Crippen molar-refractivity contribution in [3.05, 3.63) is 34.9 Å². The SMILES string of the molecule is O=C(Cc1ccc(Cl)cc1)NCCOCCCl. The van der Waals surface area contributed by atoms with Crippen molar-refractivity contribution in [1.29, 1.82) is 0 Å². The Morgan fingerprint density at radius 3 is 2.59 bits per heavy atom. The van der Waals surface area contributed by atoms with Crippen molar-refractivity contribution < 1.29 is 9.53 Å². The second-order valence-corrected chi connectivity index (χ2v) is 4.27. The molecule has 0 aliphatic heterocycles. The summed E-state index contributed by atoms with van der Waals surface area (Å²) < 4.78 is 5.14. The lowest BCUT2D eigenvalue weighted by atomic mass is 10.1. The van der Waals surface area contributed by atoms with Gasteiger partial charge in [-0.15, -0.1) is 11.6 Å². The molecule has 0 fully saturated rings. The van der Waals surface area contributed by atoms with Crippen LogP contribution in [0, 0.1) is 0 Å². The van der Waals surface area contributed by atoms with E-state index in [0.29, 0.717) is 37.1 Å². The standard InChI is InChI=1S/C12H15Cl2NO2/c13-5-7-17-8-6-15-12(16)9-10-1-3-11(14)4-2-10/h1-4H,5-9H2,(H,15,16). The molecular weight excluding hydrogens is 261 g/mol. The van der Waals surface area contributed by atoms with Crippen LogP contribution in [0.25, 0.3) is 0 Å². The van der Waals surface area contributed by atoms with Crippen LogP contribution in [0.1, 0.15) is 5.56 Å². The summed E-state index contributed by atoms with van der Waals surface area (Å²) in [5.41, 5.74) is 0.938. The molecule has 3 nitrogen and oxygen atoms in total. The van der Waals surface area contributed by atoms with Gasteiger partial charge in [0.1, 0.15) is 0 Å². The van der Waals surface area contributed by atoms with Crippen LogP contribution >= 0.6 is 23.2 Å². The fraction of sp³-hybridized carbons (Fsp3) is 0.417. The first-order chi connectivity index (χ1) is 8.22. The van der Waals surface area contributed by atoms with Crippen molar-refractivity contribution in [1.82, 2.24) is 5.32 Å². The number of carbonyl (C=O) groups is 1. The Morgan fingerprint density at radius 1 is 1.24 bits per heavy atom. The highest BCUT2D eigenvalue weighted by Gasteiger charge is 2.02. The third-order valence-corrected chi connectivity index (χ3v) is 2.47. The molecule has 0 aliphatic rings. The molecule has 0 saturated carbocycles. The van der Waals surface area contributed by atoms with Crippen molar-refractivity contribution in [3.8, 4) is 0 Å². The number of halogens is 2. The van der Waals surface area contributed by atoms with Crippen molar-refractivity contribution in [3.63, 3.8) is 0 Å². The monoisotopic (exact) mass is 275 g/mol. The third kappa shape index (κ3) is 6.51. The number of nitrogens with one attached hydrogen (secondary N) is 1. The maximum Gasteiger partial charge on any atom is 0.224 e. The van der Waals surface area contributed by atoms with Gasteiger partial charge >= 0.3 is 0 Å². The number of benzene rings is 1. The summed E-state index contributed by atoms with van der Waals surface area (Å²) in [6.45, 7) is 1.50. The Morgan fingerprint density at radius 2 is 1.94 bits per heavy atom. The highest BCUT2D eigenvalue weighted by Crippen LogP contribution is 2.09. The second-order valence-electron chi connectivity index (χ2n) is 3.45. The highest BCUT2D eigenvalue weighted by molar-refractivity contribution is 6.30. The zero-order valence-corrected chi connectivity index (χ0v) is 10.9. The Hall–Kier alpha value is -0.770. The smallest absolute Gasteiger partial charge is 0.224 e. The van der Waals surface area contributed by atoms with E-state index in [1.54, 1.807) is 12.1 Å². The van der Waals surface area contributed by atoms with E-state index in [1.165, 1.54) is 0 Å². The average Bonchev–Trinajstić information content (AvgIpc) is 2.32. The number of rotatable bonds is 7. The number of alkyl halides is 1. The van der Waals surface area contributed by atoms with Crippen LogP contribution < -0.4 is 5.32 Å². The second kappa shape index (κ2) is 8.34. The minimum Gasteiger partial charge on any atom is -0.378 e. The molecule has 0 bridgehead atoms. The molecule has 0 unspecified atom stereocenters. The molecule has 0 heterocycles. The van der Waals surface area contributed by atoms with E-state index >= 15 is 0 Å². The third-order valence-electron chi connectivity index (χ3n) is 2.07. The number of hydrogen-bond acceptors (Lipinski definition) is 2. The zero-order valence-electron chi connectivity index (χ0n) is 9.42. The Kier molecular flexibility index (Phi) is 7.01. The minimum atomic E-state index is -0.0261. The molecule has 0 radical (unpaired) electrons. The Bertz CT molecular complexity index is 341. The molecule has 0 atom stereocenters. The average molecular weight is 276 g/mol. The topological polar surface area (TPSA) is 38.3 Å². The summed E-state index contributed by atoms with van der Waals surface area (Å²) in [6, 6.07) is 7.22. The van der Waals surface area contributed by atoms with Crippen LogP contribution in [0.4, 0.5) is 0 Å². The Balaban J connectivity index is 2.18. The van der Waals surface area contributed by atoms with E-state index in [9.17, 15) is 4.79 Å². The predicted molar refractivity (Wildman–Crippen MR) is 69.7 cm³/mol. The predicted octanol–water partition coefficient (Wildman–Crippen LogP) is 2.25.